The molecule has 19 heavy (non-hydrogen) atoms. The van der Waals surface area contributed by atoms with Crippen molar-refractivity contribution in [3.63, 3.8) is 0 Å². The molecule has 0 spiro atoms. The first-order chi connectivity index (χ1) is 9.04. The third-order valence-electron chi connectivity index (χ3n) is 2.09. The highest BCUT2D eigenvalue weighted by molar-refractivity contribution is 9.11. The number of Topliss-reactive ketones (excluding diaryl/α,β-unsaturated/α-hetero) is 1. The Bertz CT molecular complexity index is 646. The van der Waals surface area contributed by atoms with Crippen molar-refractivity contribution in [1.29, 1.82) is 0 Å². The molecule has 4 nitrogen and oxygen atoms in total. The van der Waals surface area contributed by atoms with Gasteiger partial charge < -0.3 is 0 Å². The standard InChI is InChI=1S/C12H9BrN2O2S2/c1-7(16)9-6-18-12(14-9)15-11(17)5-3-8-2-4-10(13)19-8/h2-6H,1H3,(H,14,15,17). The number of hydrogen-bond donors (Lipinski definition) is 1. The summed E-state index contributed by atoms with van der Waals surface area (Å²) in [4.78, 5) is 27.7. The number of thiophene rings is 1. The zero-order chi connectivity index (χ0) is 13.8. The third-order valence-corrected chi connectivity index (χ3v) is 4.43. The highest BCUT2D eigenvalue weighted by Gasteiger charge is 2.07. The zero-order valence-electron chi connectivity index (χ0n) is 9.84. The molecule has 0 radical (unpaired) electrons. The van der Waals surface area contributed by atoms with Crippen molar-refractivity contribution in [1.82, 2.24) is 4.98 Å². The number of amides is 1. The van der Waals surface area contributed by atoms with Gasteiger partial charge in [-0.15, -0.1) is 22.7 Å². The van der Waals surface area contributed by atoms with Crippen LogP contribution in [-0.4, -0.2) is 16.7 Å². The van der Waals surface area contributed by atoms with Gasteiger partial charge in [0.05, 0.1) is 3.79 Å². The molecule has 0 saturated carbocycles. The van der Waals surface area contributed by atoms with Crippen LogP contribution in [0.1, 0.15) is 22.3 Å². The highest BCUT2D eigenvalue weighted by Crippen LogP contribution is 2.23. The molecule has 0 saturated heterocycles. The Morgan fingerprint density at radius 2 is 2.21 bits per heavy atom. The number of carbonyl (C=O) groups is 2. The van der Waals surface area contributed by atoms with Crippen molar-refractivity contribution >= 4 is 61.5 Å². The van der Waals surface area contributed by atoms with Crippen LogP contribution in [0.5, 0.6) is 0 Å². The summed E-state index contributed by atoms with van der Waals surface area (Å²) >= 11 is 6.12. The molecule has 0 aliphatic heterocycles. The summed E-state index contributed by atoms with van der Waals surface area (Å²) in [6, 6.07) is 3.83. The fourth-order valence-corrected chi connectivity index (χ4v) is 3.29. The van der Waals surface area contributed by atoms with Gasteiger partial charge in [-0.25, -0.2) is 4.98 Å². The van der Waals surface area contributed by atoms with Crippen LogP contribution in [0.2, 0.25) is 0 Å². The van der Waals surface area contributed by atoms with Gasteiger partial charge in [-0.3, -0.25) is 14.9 Å². The first-order valence-corrected chi connectivity index (χ1v) is 7.74. The van der Waals surface area contributed by atoms with E-state index in [-0.39, 0.29) is 11.7 Å². The summed E-state index contributed by atoms with van der Waals surface area (Å²) in [5, 5.41) is 4.66. The van der Waals surface area contributed by atoms with Crippen molar-refractivity contribution in [2.45, 2.75) is 6.92 Å². The minimum atomic E-state index is -0.269. The number of ketones is 1. The smallest absolute Gasteiger partial charge is 0.250 e. The van der Waals surface area contributed by atoms with Crippen LogP contribution in [0.25, 0.3) is 6.08 Å². The van der Waals surface area contributed by atoms with Gasteiger partial charge in [-0.1, -0.05) is 0 Å². The van der Waals surface area contributed by atoms with Crippen LogP contribution in [-0.2, 0) is 4.79 Å². The molecule has 0 unspecified atom stereocenters. The highest BCUT2D eigenvalue weighted by atomic mass is 79.9. The molecule has 1 N–H and O–H groups in total. The largest absolute Gasteiger partial charge is 0.298 e. The summed E-state index contributed by atoms with van der Waals surface area (Å²) in [6.07, 6.45) is 3.16. The molecule has 0 bridgehead atoms. The zero-order valence-corrected chi connectivity index (χ0v) is 13.1. The summed E-state index contributed by atoms with van der Waals surface area (Å²) < 4.78 is 1.01. The van der Waals surface area contributed by atoms with Crippen molar-refractivity contribution < 1.29 is 9.59 Å². The van der Waals surface area contributed by atoms with Gasteiger partial charge in [0, 0.05) is 23.3 Å². The number of anilines is 1. The summed E-state index contributed by atoms with van der Waals surface area (Å²) in [6.45, 7) is 1.44. The van der Waals surface area contributed by atoms with Gasteiger partial charge in [0.1, 0.15) is 5.69 Å². The Balaban J connectivity index is 1.97. The second-order valence-corrected chi connectivity index (χ2v) is 6.91. The number of hydrogen-bond acceptors (Lipinski definition) is 5. The Kier molecular flexibility index (Phi) is 4.62. The van der Waals surface area contributed by atoms with E-state index < -0.39 is 0 Å². The van der Waals surface area contributed by atoms with E-state index in [2.05, 4.69) is 26.2 Å². The lowest BCUT2D eigenvalue weighted by molar-refractivity contribution is -0.111. The van der Waals surface area contributed by atoms with E-state index in [0.29, 0.717) is 10.8 Å². The second kappa shape index (κ2) is 6.23. The number of aromatic nitrogens is 1. The van der Waals surface area contributed by atoms with E-state index in [4.69, 9.17) is 0 Å². The first kappa shape index (κ1) is 14.1. The van der Waals surface area contributed by atoms with E-state index in [0.717, 1.165) is 8.66 Å². The minimum Gasteiger partial charge on any atom is -0.298 e. The SMILES string of the molecule is CC(=O)c1csc(NC(=O)C=Cc2ccc(Br)s2)n1. The van der Waals surface area contributed by atoms with Crippen molar-refractivity contribution in [2.75, 3.05) is 5.32 Å². The number of nitrogens with zero attached hydrogens (tertiary/aromatic N) is 1. The molecule has 2 heterocycles. The van der Waals surface area contributed by atoms with E-state index in [1.807, 2.05) is 12.1 Å². The Morgan fingerprint density at radius 1 is 1.42 bits per heavy atom. The molecule has 7 heteroatoms. The Morgan fingerprint density at radius 3 is 2.79 bits per heavy atom. The lowest BCUT2D eigenvalue weighted by Gasteiger charge is -1.94. The normalized spacial score (nSPS) is 10.8. The maximum atomic E-state index is 11.6. The molecular weight excluding hydrogens is 348 g/mol. The fraction of sp³-hybridized carbons (Fsp3) is 0.0833. The van der Waals surface area contributed by atoms with E-state index >= 15 is 0 Å². The fourth-order valence-electron chi connectivity index (χ4n) is 1.22. The van der Waals surface area contributed by atoms with Crippen LogP contribution >= 0.6 is 38.6 Å². The van der Waals surface area contributed by atoms with Crippen LogP contribution in [0, 0.1) is 0 Å². The topological polar surface area (TPSA) is 59.1 Å². The van der Waals surface area contributed by atoms with Crippen LogP contribution in [0.4, 0.5) is 5.13 Å². The van der Waals surface area contributed by atoms with Gasteiger partial charge in [0.2, 0.25) is 5.91 Å². The van der Waals surface area contributed by atoms with Crippen LogP contribution in [0.3, 0.4) is 0 Å². The molecule has 0 aliphatic carbocycles. The predicted octanol–water partition coefficient (Wildman–Crippen LogP) is 3.82. The van der Waals surface area contributed by atoms with Gasteiger partial charge in [-0.2, -0.15) is 0 Å². The van der Waals surface area contributed by atoms with Crippen LogP contribution < -0.4 is 5.32 Å². The van der Waals surface area contributed by atoms with E-state index in [1.165, 1.54) is 35.7 Å². The second-order valence-electron chi connectivity index (χ2n) is 3.56. The molecule has 98 valence electrons. The summed E-state index contributed by atoms with van der Waals surface area (Å²) in [7, 11) is 0. The molecule has 0 aromatic carbocycles. The predicted molar refractivity (Wildman–Crippen MR) is 81.8 cm³/mol. The van der Waals surface area contributed by atoms with Gasteiger partial charge in [0.25, 0.3) is 0 Å². The average Bonchev–Trinajstić information content (AvgIpc) is 2.96. The molecule has 0 atom stereocenters. The van der Waals surface area contributed by atoms with Crippen LogP contribution in [0.15, 0.2) is 27.4 Å². The molecule has 2 rings (SSSR count). The van der Waals surface area contributed by atoms with E-state index in [9.17, 15) is 9.59 Å². The molecular formula is C12H9BrN2O2S2. The number of rotatable bonds is 4. The Labute approximate surface area is 126 Å². The average molecular weight is 357 g/mol. The van der Waals surface area contributed by atoms with Crippen molar-refractivity contribution in [3.05, 3.63) is 37.9 Å². The lowest BCUT2D eigenvalue weighted by atomic mass is 10.4. The van der Waals surface area contributed by atoms with Gasteiger partial charge >= 0.3 is 0 Å². The van der Waals surface area contributed by atoms with Crippen molar-refractivity contribution in [3.8, 4) is 0 Å². The summed E-state index contributed by atoms with van der Waals surface area (Å²) in [5.41, 5.74) is 0.367. The quantitative estimate of drug-likeness (QED) is 0.669. The molecule has 2 aromatic heterocycles. The van der Waals surface area contributed by atoms with Crippen molar-refractivity contribution in [2.24, 2.45) is 0 Å². The first-order valence-electron chi connectivity index (χ1n) is 5.25. The minimum absolute atomic E-state index is 0.115. The monoisotopic (exact) mass is 356 g/mol. The molecule has 1 amide bonds. The summed E-state index contributed by atoms with van der Waals surface area (Å²) in [5.74, 6) is -0.385. The number of halogens is 1. The number of carbonyl (C=O) groups excluding carboxylic acids is 2. The number of nitrogens with one attached hydrogen (secondary N) is 1. The maximum Gasteiger partial charge on any atom is 0.250 e. The third kappa shape index (κ3) is 4.09. The lowest BCUT2D eigenvalue weighted by Crippen LogP contribution is -2.07. The molecule has 0 fully saturated rings. The Hall–Kier alpha value is -1.31. The number of thiazole rings is 1. The van der Waals surface area contributed by atoms with E-state index in [1.54, 1.807) is 11.5 Å². The molecule has 0 aliphatic rings. The van der Waals surface area contributed by atoms with Gasteiger partial charge in [0.15, 0.2) is 10.9 Å². The maximum absolute atomic E-state index is 11.6. The molecule has 2 aromatic rings. The van der Waals surface area contributed by atoms with Gasteiger partial charge in [-0.05, 0) is 34.1 Å².